The van der Waals surface area contributed by atoms with Gasteiger partial charge in [-0.25, -0.2) is 4.39 Å². The van der Waals surface area contributed by atoms with E-state index in [9.17, 15) is 4.39 Å². The van der Waals surface area contributed by atoms with Gasteiger partial charge >= 0.3 is 0 Å². The number of hydrogen-bond acceptors (Lipinski definition) is 1. The number of aryl methyl sites for hydroxylation is 1. The molecule has 0 aliphatic heterocycles. The van der Waals surface area contributed by atoms with Crippen LogP contribution in [-0.2, 0) is 6.42 Å². The van der Waals surface area contributed by atoms with Crippen LogP contribution < -0.4 is 0 Å². The Morgan fingerprint density at radius 1 is 1.21 bits per heavy atom. The van der Waals surface area contributed by atoms with E-state index >= 15 is 0 Å². The van der Waals surface area contributed by atoms with Gasteiger partial charge < -0.3 is 0 Å². The van der Waals surface area contributed by atoms with E-state index in [0.29, 0.717) is 6.42 Å². The largest absolute Gasteiger partial charge is 0.207 e. The fraction of sp³-hybridized carbons (Fsp3) is 0.167. The molecule has 0 unspecified atom stereocenters. The molecule has 0 fully saturated rings. The van der Waals surface area contributed by atoms with Crippen molar-refractivity contribution in [3.8, 4) is 0 Å². The third-order valence-corrected chi connectivity index (χ3v) is 2.80. The fourth-order valence-corrected chi connectivity index (χ4v) is 2.10. The molecule has 0 saturated carbocycles. The molecular formula is C12H11FS. The second-order valence-electron chi connectivity index (χ2n) is 3.25. The highest BCUT2D eigenvalue weighted by molar-refractivity contribution is 7.80. The molecule has 0 amide bonds. The van der Waals surface area contributed by atoms with Crippen molar-refractivity contribution in [3.05, 3.63) is 41.7 Å². The van der Waals surface area contributed by atoms with Gasteiger partial charge in [0.25, 0.3) is 0 Å². The quantitative estimate of drug-likeness (QED) is 0.673. The Hall–Kier alpha value is -1.02. The monoisotopic (exact) mass is 206 g/mol. The average molecular weight is 206 g/mol. The molecule has 0 aliphatic rings. The maximum atomic E-state index is 13.5. The lowest BCUT2D eigenvalue weighted by atomic mass is 10.0. The van der Waals surface area contributed by atoms with Gasteiger partial charge in [-0.1, -0.05) is 25.1 Å². The average Bonchev–Trinajstić information content (AvgIpc) is 2.19. The van der Waals surface area contributed by atoms with Crippen LogP contribution in [0.1, 0.15) is 12.5 Å². The molecule has 0 aromatic heterocycles. The predicted molar refractivity (Wildman–Crippen MR) is 60.5 cm³/mol. The van der Waals surface area contributed by atoms with Crippen molar-refractivity contribution in [3.63, 3.8) is 0 Å². The van der Waals surface area contributed by atoms with Crippen LogP contribution in [0.2, 0.25) is 0 Å². The molecule has 72 valence electrons. The second-order valence-corrected chi connectivity index (χ2v) is 3.74. The van der Waals surface area contributed by atoms with Crippen LogP contribution in [0.5, 0.6) is 0 Å². The topological polar surface area (TPSA) is 0 Å². The lowest BCUT2D eigenvalue weighted by Crippen LogP contribution is -1.90. The smallest absolute Gasteiger partial charge is 0.127 e. The standard InChI is InChI=1S/C12H11FS/c1-2-9-10(13)7-6-8-4-3-5-11(14)12(8)9/h3-7,14H,2H2,1H3. The molecule has 0 spiro atoms. The summed E-state index contributed by atoms with van der Waals surface area (Å²) in [6.07, 6.45) is 0.695. The van der Waals surface area contributed by atoms with Crippen molar-refractivity contribution in [2.45, 2.75) is 18.2 Å². The van der Waals surface area contributed by atoms with Gasteiger partial charge in [0.1, 0.15) is 5.82 Å². The van der Waals surface area contributed by atoms with Crippen LogP contribution in [0.4, 0.5) is 4.39 Å². The highest BCUT2D eigenvalue weighted by Gasteiger charge is 2.07. The summed E-state index contributed by atoms with van der Waals surface area (Å²) in [5, 5.41) is 1.99. The van der Waals surface area contributed by atoms with Crippen LogP contribution >= 0.6 is 12.6 Å². The Morgan fingerprint density at radius 2 is 2.00 bits per heavy atom. The van der Waals surface area contributed by atoms with E-state index < -0.39 is 0 Å². The van der Waals surface area contributed by atoms with Crippen LogP contribution in [0, 0.1) is 5.82 Å². The van der Waals surface area contributed by atoms with Crippen molar-refractivity contribution in [2.75, 3.05) is 0 Å². The summed E-state index contributed by atoms with van der Waals surface area (Å²) in [5.41, 5.74) is 0.758. The number of benzene rings is 2. The maximum Gasteiger partial charge on any atom is 0.127 e. The molecular weight excluding hydrogens is 195 g/mol. The molecule has 0 heterocycles. The molecule has 0 aliphatic carbocycles. The minimum atomic E-state index is -0.137. The molecule has 0 atom stereocenters. The Labute approximate surface area is 88.2 Å². The van der Waals surface area contributed by atoms with Crippen LogP contribution in [0.3, 0.4) is 0 Å². The van der Waals surface area contributed by atoms with Crippen molar-refractivity contribution in [1.29, 1.82) is 0 Å². The lowest BCUT2D eigenvalue weighted by molar-refractivity contribution is 0.615. The summed E-state index contributed by atoms with van der Waals surface area (Å²) in [5.74, 6) is -0.137. The summed E-state index contributed by atoms with van der Waals surface area (Å²) in [7, 11) is 0. The number of halogens is 1. The number of thiol groups is 1. The highest BCUT2D eigenvalue weighted by Crippen LogP contribution is 2.27. The van der Waals surface area contributed by atoms with Crippen molar-refractivity contribution >= 4 is 23.4 Å². The summed E-state index contributed by atoms with van der Waals surface area (Å²) in [6.45, 7) is 1.96. The van der Waals surface area contributed by atoms with E-state index in [1.807, 2.05) is 25.1 Å². The molecule has 2 heteroatoms. The van der Waals surface area contributed by atoms with Gasteiger partial charge in [0.2, 0.25) is 0 Å². The predicted octanol–water partition coefficient (Wildman–Crippen LogP) is 3.83. The third kappa shape index (κ3) is 1.40. The van der Waals surface area contributed by atoms with Gasteiger partial charge in [-0.15, -0.1) is 12.6 Å². The van der Waals surface area contributed by atoms with Crippen LogP contribution in [0.15, 0.2) is 35.2 Å². The zero-order chi connectivity index (χ0) is 10.1. The van der Waals surface area contributed by atoms with Gasteiger partial charge in [-0.2, -0.15) is 0 Å². The first-order valence-corrected chi connectivity index (χ1v) is 5.08. The maximum absolute atomic E-state index is 13.5. The Kier molecular flexibility index (Phi) is 2.46. The SMILES string of the molecule is CCc1c(F)ccc2cccc(S)c12. The molecule has 0 bridgehead atoms. The minimum Gasteiger partial charge on any atom is -0.207 e. The molecule has 0 saturated heterocycles. The number of fused-ring (bicyclic) bond motifs is 1. The van der Waals surface area contributed by atoms with Gasteiger partial charge in [-0.3, -0.25) is 0 Å². The summed E-state index contributed by atoms with van der Waals surface area (Å²) in [6, 6.07) is 9.12. The molecule has 0 nitrogen and oxygen atoms in total. The normalized spacial score (nSPS) is 10.8. The van der Waals surface area contributed by atoms with E-state index in [-0.39, 0.29) is 5.82 Å². The first kappa shape index (κ1) is 9.53. The van der Waals surface area contributed by atoms with Crippen molar-refractivity contribution in [2.24, 2.45) is 0 Å². The molecule has 2 aromatic carbocycles. The Balaban J connectivity index is 2.91. The van der Waals surface area contributed by atoms with E-state index in [1.54, 1.807) is 6.07 Å². The molecule has 2 rings (SSSR count). The lowest BCUT2D eigenvalue weighted by Gasteiger charge is -2.07. The summed E-state index contributed by atoms with van der Waals surface area (Å²) in [4.78, 5) is 0.846. The van der Waals surface area contributed by atoms with Gasteiger partial charge in [0.05, 0.1) is 0 Å². The zero-order valence-electron chi connectivity index (χ0n) is 7.92. The Morgan fingerprint density at radius 3 is 2.71 bits per heavy atom. The number of rotatable bonds is 1. The van der Waals surface area contributed by atoms with Crippen LogP contribution in [0.25, 0.3) is 10.8 Å². The van der Waals surface area contributed by atoms with E-state index in [4.69, 9.17) is 0 Å². The first-order valence-electron chi connectivity index (χ1n) is 4.63. The summed E-state index contributed by atoms with van der Waals surface area (Å²) < 4.78 is 13.5. The van der Waals surface area contributed by atoms with Crippen LogP contribution in [-0.4, -0.2) is 0 Å². The Bertz CT molecular complexity index is 477. The minimum absolute atomic E-state index is 0.137. The zero-order valence-corrected chi connectivity index (χ0v) is 8.81. The fourth-order valence-electron chi connectivity index (χ4n) is 1.75. The molecule has 0 radical (unpaired) electrons. The van der Waals surface area contributed by atoms with Gasteiger partial charge in [0, 0.05) is 10.3 Å². The number of hydrogen-bond donors (Lipinski definition) is 1. The van der Waals surface area contributed by atoms with Gasteiger partial charge in [-0.05, 0) is 29.5 Å². The van der Waals surface area contributed by atoms with E-state index in [0.717, 1.165) is 21.2 Å². The summed E-state index contributed by atoms with van der Waals surface area (Å²) >= 11 is 4.35. The third-order valence-electron chi connectivity index (χ3n) is 2.43. The van der Waals surface area contributed by atoms with E-state index in [2.05, 4.69) is 12.6 Å². The molecule has 2 aromatic rings. The van der Waals surface area contributed by atoms with E-state index in [1.165, 1.54) is 6.07 Å². The second kappa shape index (κ2) is 3.62. The van der Waals surface area contributed by atoms with Crippen molar-refractivity contribution in [1.82, 2.24) is 0 Å². The first-order chi connectivity index (χ1) is 6.74. The van der Waals surface area contributed by atoms with Crippen molar-refractivity contribution < 1.29 is 4.39 Å². The highest BCUT2D eigenvalue weighted by atomic mass is 32.1. The molecule has 14 heavy (non-hydrogen) atoms. The molecule has 0 N–H and O–H groups in total. The van der Waals surface area contributed by atoms with Gasteiger partial charge in [0.15, 0.2) is 0 Å².